The van der Waals surface area contributed by atoms with Crippen LogP contribution in [-0.2, 0) is 32.0 Å². The lowest BCUT2D eigenvalue weighted by atomic mass is 10.4. The predicted octanol–water partition coefficient (Wildman–Crippen LogP) is -0.872. The van der Waals surface area contributed by atoms with Gasteiger partial charge in [-0.15, -0.1) is 16.4 Å². The highest BCUT2D eigenvalue weighted by molar-refractivity contribution is 7.13. The number of fused-ring (bicyclic) bond motifs is 1. The van der Waals surface area contributed by atoms with Gasteiger partial charge >= 0.3 is 11.4 Å². The van der Waals surface area contributed by atoms with Gasteiger partial charge in [-0.3, -0.25) is 18.7 Å². The maximum atomic E-state index is 12.4. The van der Waals surface area contributed by atoms with Crippen LogP contribution in [0.3, 0.4) is 0 Å². The number of hydrogen-bond acceptors (Lipinski definition) is 8. The van der Waals surface area contributed by atoms with Crippen molar-refractivity contribution in [3.05, 3.63) is 55.2 Å². The van der Waals surface area contributed by atoms with Crippen molar-refractivity contribution in [2.75, 3.05) is 6.54 Å². The molecule has 0 saturated carbocycles. The molecule has 0 aromatic carbocycles. The Morgan fingerprint density at radius 2 is 2.03 bits per heavy atom. The topological polar surface area (TPSA) is 139 Å². The van der Waals surface area contributed by atoms with Gasteiger partial charge in [0.05, 0.1) is 17.7 Å². The fourth-order valence-corrected chi connectivity index (χ4v) is 3.62. The fourth-order valence-electron chi connectivity index (χ4n) is 2.98. The Kier molecular flexibility index (Phi) is 4.95. The van der Waals surface area contributed by atoms with Gasteiger partial charge in [0.15, 0.2) is 11.2 Å². The second-order valence-electron chi connectivity index (χ2n) is 6.47. The van der Waals surface area contributed by atoms with E-state index in [1.54, 1.807) is 6.07 Å². The van der Waals surface area contributed by atoms with E-state index in [4.69, 9.17) is 4.42 Å². The summed E-state index contributed by atoms with van der Waals surface area (Å²) in [6.07, 6.45) is 1.33. The van der Waals surface area contributed by atoms with E-state index in [1.807, 2.05) is 11.4 Å². The van der Waals surface area contributed by atoms with E-state index in [0.29, 0.717) is 0 Å². The summed E-state index contributed by atoms with van der Waals surface area (Å²) in [7, 11) is 2.86. The molecule has 12 nitrogen and oxygen atoms in total. The van der Waals surface area contributed by atoms with Crippen LogP contribution < -0.4 is 22.3 Å². The van der Waals surface area contributed by atoms with Crippen molar-refractivity contribution in [2.45, 2.75) is 13.1 Å². The van der Waals surface area contributed by atoms with E-state index in [2.05, 4.69) is 15.4 Å². The quantitative estimate of drug-likeness (QED) is 0.419. The molecule has 13 heteroatoms. The van der Waals surface area contributed by atoms with Gasteiger partial charge in [0.25, 0.3) is 11.4 Å². The zero-order valence-corrected chi connectivity index (χ0v) is 16.9. The summed E-state index contributed by atoms with van der Waals surface area (Å²) in [5, 5.41) is 8.62. The van der Waals surface area contributed by atoms with Crippen LogP contribution in [0.15, 0.2) is 42.6 Å². The first-order chi connectivity index (χ1) is 14.4. The van der Waals surface area contributed by atoms with Crippen molar-refractivity contribution in [3.63, 3.8) is 0 Å². The van der Waals surface area contributed by atoms with Crippen LogP contribution >= 0.6 is 11.3 Å². The summed E-state index contributed by atoms with van der Waals surface area (Å²) in [6, 6.07) is 3.61. The van der Waals surface area contributed by atoms with E-state index in [1.165, 1.54) is 40.9 Å². The first kappa shape index (κ1) is 19.6. The SMILES string of the molecule is Cn1c(=O)c2c(ncn2CC(=O)NCCn2nc(-c3cccs3)oc2=O)n(C)c1=O. The minimum atomic E-state index is -0.613. The summed E-state index contributed by atoms with van der Waals surface area (Å²) >= 11 is 1.40. The average Bonchev–Trinajstić information content (AvgIpc) is 3.45. The minimum absolute atomic E-state index is 0.125. The molecule has 0 atom stereocenters. The van der Waals surface area contributed by atoms with Gasteiger partial charge in [0, 0.05) is 20.6 Å². The zero-order chi connectivity index (χ0) is 21.4. The molecule has 1 amide bonds. The van der Waals surface area contributed by atoms with Crippen molar-refractivity contribution in [1.82, 2.24) is 33.8 Å². The lowest BCUT2D eigenvalue weighted by Gasteiger charge is -2.07. The highest BCUT2D eigenvalue weighted by Gasteiger charge is 2.16. The average molecular weight is 431 g/mol. The lowest BCUT2D eigenvalue weighted by Crippen LogP contribution is -2.38. The number of nitrogens with one attached hydrogen (secondary N) is 1. The lowest BCUT2D eigenvalue weighted by molar-refractivity contribution is -0.121. The highest BCUT2D eigenvalue weighted by atomic mass is 32.1. The maximum absolute atomic E-state index is 12.4. The zero-order valence-electron chi connectivity index (χ0n) is 16.1. The highest BCUT2D eigenvalue weighted by Crippen LogP contribution is 2.20. The van der Waals surface area contributed by atoms with Gasteiger partial charge in [0.2, 0.25) is 5.91 Å². The number of amides is 1. The van der Waals surface area contributed by atoms with E-state index in [9.17, 15) is 19.2 Å². The maximum Gasteiger partial charge on any atom is 0.437 e. The Bertz CT molecular complexity index is 1400. The number of thiophene rings is 1. The first-order valence-corrected chi connectivity index (χ1v) is 9.74. The van der Waals surface area contributed by atoms with Crippen molar-refractivity contribution in [1.29, 1.82) is 0 Å². The summed E-state index contributed by atoms with van der Waals surface area (Å²) in [4.78, 5) is 53.4. The molecule has 0 aliphatic heterocycles. The molecule has 0 saturated heterocycles. The molecule has 156 valence electrons. The Labute approximate surface area is 171 Å². The molecule has 4 aromatic heterocycles. The van der Waals surface area contributed by atoms with Gasteiger partial charge < -0.3 is 14.3 Å². The number of imidazole rings is 1. The number of carbonyl (C=O) groups is 1. The van der Waals surface area contributed by atoms with Gasteiger partial charge in [-0.05, 0) is 11.4 Å². The standard InChI is InChI=1S/C17H17N7O5S/c1-21-13-12(15(26)22(2)16(21)27)23(9-19-13)8-11(25)18-5-6-24-17(28)29-14(20-24)10-4-3-7-30-10/h3-4,7,9H,5-6,8H2,1-2H3,(H,18,25). The van der Waals surface area contributed by atoms with Gasteiger partial charge in [0.1, 0.15) is 6.54 Å². The van der Waals surface area contributed by atoms with Crippen LogP contribution in [-0.4, -0.2) is 40.9 Å². The number of hydrogen-bond donors (Lipinski definition) is 1. The summed E-state index contributed by atoms with van der Waals surface area (Å²) in [5.41, 5.74) is -0.676. The normalized spacial score (nSPS) is 11.3. The van der Waals surface area contributed by atoms with Crippen molar-refractivity contribution in [3.8, 4) is 10.8 Å². The fraction of sp³-hybridized carbons (Fsp3) is 0.294. The van der Waals surface area contributed by atoms with Gasteiger partial charge in [-0.2, -0.15) is 4.68 Å². The minimum Gasteiger partial charge on any atom is -0.387 e. The smallest absolute Gasteiger partial charge is 0.387 e. The predicted molar refractivity (Wildman–Crippen MR) is 107 cm³/mol. The number of aryl methyl sites for hydroxylation is 1. The molecule has 0 radical (unpaired) electrons. The van der Waals surface area contributed by atoms with Gasteiger partial charge in [-0.25, -0.2) is 14.6 Å². The third-order valence-corrected chi connectivity index (χ3v) is 5.37. The first-order valence-electron chi connectivity index (χ1n) is 8.86. The van der Waals surface area contributed by atoms with Gasteiger partial charge in [-0.1, -0.05) is 6.07 Å². The second kappa shape index (κ2) is 7.59. The number of nitrogens with zero attached hydrogens (tertiary/aromatic N) is 6. The molecular weight excluding hydrogens is 414 g/mol. The molecule has 0 aliphatic rings. The van der Waals surface area contributed by atoms with Crippen LogP contribution in [0.1, 0.15) is 0 Å². The molecule has 0 bridgehead atoms. The van der Waals surface area contributed by atoms with Crippen molar-refractivity contribution >= 4 is 28.4 Å². The Balaban J connectivity index is 1.44. The molecule has 0 aliphatic carbocycles. The molecule has 0 fully saturated rings. The monoisotopic (exact) mass is 431 g/mol. The Hall–Kier alpha value is -3.74. The third-order valence-electron chi connectivity index (χ3n) is 4.52. The van der Waals surface area contributed by atoms with Crippen LogP contribution in [0.4, 0.5) is 0 Å². The van der Waals surface area contributed by atoms with E-state index in [0.717, 1.165) is 14.1 Å². The van der Waals surface area contributed by atoms with Crippen LogP contribution in [0.5, 0.6) is 0 Å². The molecule has 4 rings (SSSR count). The molecule has 1 N–H and O–H groups in total. The van der Waals surface area contributed by atoms with E-state index < -0.39 is 17.0 Å². The number of aromatic nitrogens is 6. The Morgan fingerprint density at radius 3 is 2.77 bits per heavy atom. The summed E-state index contributed by atoms with van der Waals surface area (Å²) in [6.45, 7) is 0.0940. The third kappa shape index (κ3) is 3.39. The van der Waals surface area contributed by atoms with Crippen LogP contribution in [0.2, 0.25) is 0 Å². The molecule has 0 spiro atoms. The van der Waals surface area contributed by atoms with E-state index >= 15 is 0 Å². The molecule has 30 heavy (non-hydrogen) atoms. The second-order valence-corrected chi connectivity index (χ2v) is 7.42. The molecule has 4 aromatic rings. The number of carbonyl (C=O) groups excluding carboxylic acids is 1. The van der Waals surface area contributed by atoms with Crippen molar-refractivity contribution in [2.24, 2.45) is 14.1 Å². The van der Waals surface area contributed by atoms with E-state index in [-0.39, 0.29) is 42.6 Å². The molecule has 0 unspecified atom stereocenters. The molecule has 4 heterocycles. The van der Waals surface area contributed by atoms with Crippen LogP contribution in [0.25, 0.3) is 21.9 Å². The largest absolute Gasteiger partial charge is 0.437 e. The van der Waals surface area contributed by atoms with Crippen LogP contribution in [0, 0.1) is 0 Å². The summed E-state index contributed by atoms with van der Waals surface area (Å²) < 4.78 is 9.83. The Morgan fingerprint density at radius 1 is 1.23 bits per heavy atom. The number of rotatable bonds is 6. The summed E-state index contributed by atoms with van der Waals surface area (Å²) in [5.74, 6) is -0.773. The van der Waals surface area contributed by atoms with Crippen molar-refractivity contribution < 1.29 is 9.21 Å². The molecular formula is C17H17N7O5S.